The van der Waals surface area contributed by atoms with Crippen LogP contribution >= 0.6 is 15.9 Å². The first kappa shape index (κ1) is 11.5. The third kappa shape index (κ3) is 1.59. The van der Waals surface area contributed by atoms with Crippen molar-refractivity contribution in [2.24, 2.45) is 0 Å². The standard InChI is InChI=1S/C12H6BrF3N2/c13-7-5-11(12(14,15)16)18-9-4-2-1-3-8(9)17-6-10(7)18/h1-6H. The van der Waals surface area contributed by atoms with Crippen molar-refractivity contribution < 1.29 is 13.2 Å². The maximum Gasteiger partial charge on any atom is 0.431 e. The van der Waals surface area contributed by atoms with Crippen molar-refractivity contribution >= 4 is 32.5 Å². The minimum Gasteiger partial charge on any atom is -0.301 e. The summed E-state index contributed by atoms with van der Waals surface area (Å²) >= 11 is 3.14. The average molecular weight is 315 g/mol. The number of aromatic nitrogens is 2. The Hall–Kier alpha value is -1.56. The highest BCUT2D eigenvalue weighted by atomic mass is 79.9. The summed E-state index contributed by atoms with van der Waals surface area (Å²) in [5.41, 5.74) is 0.663. The SMILES string of the molecule is FC(F)(F)c1cc(Br)c2cnc3ccccc3n12. The predicted octanol–water partition coefficient (Wildman–Crippen LogP) is 4.27. The number of rotatable bonds is 0. The van der Waals surface area contributed by atoms with Gasteiger partial charge in [0, 0.05) is 4.47 Å². The molecule has 0 aliphatic heterocycles. The van der Waals surface area contributed by atoms with Crippen LogP contribution in [-0.2, 0) is 6.18 Å². The Morgan fingerprint density at radius 1 is 1.11 bits per heavy atom. The van der Waals surface area contributed by atoms with Gasteiger partial charge >= 0.3 is 6.18 Å². The molecule has 1 aromatic carbocycles. The van der Waals surface area contributed by atoms with E-state index in [1.54, 1.807) is 24.3 Å². The predicted molar refractivity (Wildman–Crippen MR) is 65.4 cm³/mol. The van der Waals surface area contributed by atoms with Gasteiger partial charge in [0.2, 0.25) is 0 Å². The molecule has 6 heteroatoms. The minimum atomic E-state index is -4.40. The molecule has 0 atom stereocenters. The van der Waals surface area contributed by atoms with E-state index in [1.165, 1.54) is 10.6 Å². The summed E-state index contributed by atoms with van der Waals surface area (Å²) in [6.07, 6.45) is -2.97. The van der Waals surface area contributed by atoms with Crippen molar-refractivity contribution in [2.75, 3.05) is 0 Å². The van der Waals surface area contributed by atoms with Gasteiger partial charge in [-0.15, -0.1) is 0 Å². The summed E-state index contributed by atoms with van der Waals surface area (Å²) < 4.78 is 40.5. The van der Waals surface area contributed by atoms with Gasteiger partial charge in [-0.2, -0.15) is 13.2 Å². The highest BCUT2D eigenvalue weighted by Gasteiger charge is 2.35. The molecule has 0 amide bonds. The fraction of sp³-hybridized carbons (Fsp3) is 0.0833. The zero-order valence-electron chi connectivity index (χ0n) is 8.87. The molecular formula is C12H6BrF3N2. The lowest BCUT2D eigenvalue weighted by atomic mass is 10.3. The van der Waals surface area contributed by atoms with Gasteiger partial charge in [-0.3, -0.25) is 4.98 Å². The van der Waals surface area contributed by atoms with Crippen molar-refractivity contribution in [1.82, 2.24) is 9.38 Å². The number of halogens is 4. The Kier molecular flexibility index (Phi) is 2.38. The van der Waals surface area contributed by atoms with E-state index < -0.39 is 11.9 Å². The summed E-state index contributed by atoms with van der Waals surface area (Å²) in [5.74, 6) is 0. The molecule has 2 aromatic heterocycles. The fourth-order valence-corrected chi connectivity index (χ4v) is 2.47. The number of benzene rings is 1. The molecule has 18 heavy (non-hydrogen) atoms. The zero-order chi connectivity index (χ0) is 12.9. The van der Waals surface area contributed by atoms with E-state index in [1.807, 2.05) is 0 Å². The van der Waals surface area contributed by atoms with E-state index >= 15 is 0 Å². The monoisotopic (exact) mass is 314 g/mol. The third-order valence-corrected chi connectivity index (χ3v) is 3.36. The van der Waals surface area contributed by atoms with E-state index in [9.17, 15) is 13.2 Å². The molecule has 0 aliphatic rings. The van der Waals surface area contributed by atoms with Crippen LogP contribution in [0.4, 0.5) is 13.2 Å². The van der Waals surface area contributed by atoms with Crippen LogP contribution in [0.3, 0.4) is 0 Å². The first-order valence-corrected chi connectivity index (χ1v) is 5.89. The van der Waals surface area contributed by atoms with Crippen molar-refractivity contribution in [3.05, 3.63) is 46.7 Å². The number of hydrogen-bond acceptors (Lipinski definition) is 1. The van der Waals surface area contributed by atoms with Gasteiger partial charge < -0.3 is 4.40 Å². The van der Waals surface area contributed by atoms with Crippen LogP contribution in [0.2, 0.25) is 0 Å². The normalized spacial score (nSPS) is 12.4. The molecule has 0 aliphatic carbocycles. The Morgan fingerprint density at radius 2 is 1.83 bits per heavy atom. The molecule has 2 heterocycles. The van der Waals surface area contributed by atoms with Gasteiger partial charge in [0.1, 0.15) is 5.69 Å². The Labute approximate surface area is 108 Å². The first-order chi connectivity index (χ1) is 8.48. The quantitative estimate of drug-likeness (QED) is 0.605. The van der Waals surface area contributed by atoms with Crippen LogP contribution in [0.15, 0.2) is 41.0 Å². The second-order valence-corrected chi connectivity index (χ2v) is 4.70. The summed E-state index contributed by atoms with van der Waals surface area (Å²) in [7, 11) is 0. The minimum absolute atomic E-state index is 0.382. The molecule has 0 unspecified atom stereocenters. The highest BCUT2D eigenvalue weighted by Crippen LogP contribution is 2.36. The summed E-state index contributed by atoms with van der Waals surface area (Å²) in [5, 5.41) is 0. The Balaban J connectivity index is 2.55. The Bertz CT molecular complexity index is 746. The average Bonchev–Trinajstić information content (AvgIpc) is 2.67. The summed E-state index contributed by atoms with van der Waals surface area (Å²) in [6, 6.07) is 7.81. The van der Waals surface area contributed by atoms with Crippen LogP contribution in [-0.4, -0.2) is 9.38 Å². The molecular weight excluding hydrogens is 309 g/mol. The molecule has 3 rings (SSSR count). The molecule has 0 N–H and O–H groups in total. The zero-order valence-corrected chi connectivity index (χ0v) is 10.5. The molecule has 0 saturated heterocycles. The molecule has 2 nitrogen and oxygen atoms in total. The van der Waals surface area contributed by atoms with Gasteiger partial charge in [-0.05, 0) is 34.1 Å². The first-order valence-electron chi connectivity index (χ1n) is 5.10. The molecule has 0 bridgehead atoms. The van der Waals surface area contributed by atoms with Gasteiger partial charge in [-0.1, -0.05) is 12.1 Å². The van der Waals surface area contributed by atoms with E-state index in [0.29, 0.717) is 21.0 Å². The van der Waals surface area contributed by atoms with Crippen molar-refractivity contribution in [2.45, 2.75) is 6.18 Å². The molecule has 0 fully saturated rings. The topological polar surface area (TPSA) is 17.3 Å². The highest BCUT2D eigenvalue weighted by molar-refractivity contribution is 9.10. The van der Waals surface area contributed by atoms with Crippen LogP contribution in [0.1, 0.15) is 5.69 Å². The van der Waals surface area contributed by atoms with Gasteiger partial charge in [0.15, 0.2) is 0 Å². The van der Waals surface area contributed by atoms with Gasteiger partial charge in [0.25, 0.3) is 0 Å². The molecule has 0 spiro atoms. The lowest BCUT2D eigenvalue weighted by Gasteiger charge is -2.09. The van der Waals surface area contributed by atoms with Crippen molar-refractivity contribution in [1.29, 1.82) is 0 Å². The number of fused-ring (bicyclic) bond motifs is 3. The van der Waals surface area contributed by atoms with Gasteiger partial charge in [0.05, 0.1) is 22.7 Å². The maximum absolute atomic E-state index is 13.0. The van der Waals surface area contributed by atoms with E-state index in [4.69, 9.17) is 0 Å². The molecule has 0 saturated carbocycles. The van der Waals surface area contributed by atoms with E-state index in [0.717, 1.165) is 6.07 Å². The summed E-state index contributed by atoms with van der Waals surface area (Å²) in [4.78, 5) is 4.15. The van der Waals surface area contributed by atoms with Crippen LogP contribution in [0.5, 0.6) is 0 Å². The lowest BCUT2D eigenvalue weighted by Crippen LogP contribution is -2.09. The second kappa shape index (κ2) is 3.71. The maximum atomic E-state index is 13.0. The largest absolute Gasteiger partial charge is 0.431 e. The van der Waals surface area contributed by atoms with Crippen LogP contribution in [0, 0.1) is 0 Å². The Morgan fingerprint density at radius 3 is 2.56 bits per heavy atom. The smallest absolute Gasteiger partial charge is 0.301 e. The molecule has 0 radical (unpaired) electrons. The second-order valence-electron chi connectivity index (χ2n) is 3.84. The van der Waals surface area contributed by atoms with Crippen LogP contribution in [0.25, 0.3) is 16.6 Å². The van der Waals surface area contributed by atoms with Crippen molar-refractivity contribution in [3.8, 4) is 0 Å². The number of alkyl halides is 3. The summed E-state index contributed by atoms with van der Waals surface area (Å²) in [6.45, 7) is 0. The number of nitrogens with zero attached hydrogens (tertiary/aromatic N) is 2. The number of hydrogen-bond donors (Lipinski definition) is 0. The van der Waals surface area contributed by atoms with Crippen molar-refractivity contribution in [3.63, 3.8) is 0 Å². The molecule has 92 valence electrons. The van der Waals surface area contributed by atoms with Crippen LogP contribution < -0.4 is 0 Å². The number of para-hydroxylation sites is 2. The fourth-order valence-electron chi connectivity index (χ4n) is 1.98. The third-order valence-electron chi connectivity index (χ3n) is 2.73. The lowest BCUT2D eigenvalue weighted by molar-refractivity contribution is -0.141. The van der Waals surface area contributed by atoms with E-state index in [-0.39, 0.29) is 0 Å². The van der Waals surface area contributed by atoms with Gasteiger partial charge in [-0.25, -0.2) is 0 Å². The molecule has 3 aromatic rings. The van der Waals surface area contributed by atoms with E-state index in [2.05, 4.69) is 20.9 Å².